The van der Waals surface area contributed by atoms with Crippen LogP contribution in [0, 0.1) is 0 Å². The van der Waals surface area contributed by atoms with Crippen molar-refractivity contribution in [3.8, 4) is 11.5 Å². The van der Waals surface area contributed by atoms with Crippen molar-refractivity contribution < 1.29 is 14.2 Å². The van der Waals surface area contributed by atoms with Gasteiger partial charge in [-0.15, -0.1) is 0 Å². The van der Waals surface area contributed by atoms with Gasteiger partial charge >= 0.3 is 0 Å². The summed E-state index contributed by atoms with van der Waals surface area (Å²) in [7, 11) is 1.59. The predicted molar refractivity (Wildman–Crippen MR) is 107 cm³/mol. The number of ether oxygens (including phenoxy) is 3. The maximum Gasteiger partial charge on any atom is 0.180 e. The molecule has 1 saturated heterocycles. The highest BCUT2D eigenvalue weighted by atomic mass is 35.5. The van der Waals surface area contributed by atoms with Gasteiger partial charge in [0.1, 0.15) is 11.6 Å². The molecule has 6 heteroatoms. The molecular formula is C20H22ClNO3S. The zero-order chi connectivity index (χ0) is 18.4. The molecule has 0 aromatic heterocycles. The molecule has 0 saturated carbocycles. The van der Waals surface area contributed by atoms with Gasteiger partial charge in [0.05, 0.1) is 18.2 Å². The Bertz CT molecular complexity index is 748. The Labute approximate surface area is 164 Å². The van der Waals surface area contributed by atoms with Gasteiger partial charge in [-0.1, -0.05) is 54.2 Å². The van der Waals surface area contributed by atoms with E-state index in [1.807, 2.05) is 36.4 Å². The molecule has 26 heavy (non-hydrogen) atoms. The third kappa shape index (κ3) is 4.87. The van der Waals surface area contributed by atoms with Gasteiger partial charge < -0.3 is 19.5 Å². The lowest BCUT2D eigenvalue weighted by molar-refractivity contribution is 0.114. The van der Waals surface area contributed by atoms with Crippen LogP contribution < -0.4 is 14.8 Å². The molecule has 2 aromatic rings. The molecule has 1 heterocycles. The van der Waals surface area contributed by atoms with Gasteiger partial charge in [-0.3, -0.25) is 0 Å². The van der Waals surface area contributed by atoms with Crippen LogP contribution in [0.15, 0.2) is 42.5 Å². The van der Waals surface area contributed by atoms with Crippen molar-refractivity contribution >= 4 is 28.8 Å². The maximum absolute atomic E-state index is 6.43. The van der Waals surface area contributed by atoms with Crippen LogP contribution in [0.3, 0.4) is 0 Å². The van der Waals surface area contributed by atoms with Gasteiger partial charge in [-0.25, -0.2) is 0 Å². The summed E-state index contributed by atoms with van der Waals surface area (Å²) < 4.78 is 17.0. The topological polar surface area (TPSA) is 39.7 Å². The summed E-state index contributed by atoms with van der Waals surface area (Å²) in [4.78, 5) is 0.621. The van der Waals surface area contributed by atoms with Gasteiger partial charge in [0, 0.05) is 18.7 Å². The standard InChI is InChI=1S/C20H22ClNO3S/c1-23-18-11-15(20(26)22-12-16-8-5-9-24-16)10-17(21)19(18)25-13-14-6-3-2-4-7-14/h2-4,6-7,10-11,16H,5,8-9,12-13H2,1H3,(H,22,26)/t16-/m1/s1. The predicted octanol–water partition coefficient (Wildman–Crippen LogP) is 4.37. The molecule has 4 nitrogen and oxygen atoms in total. The van der Waals surface area contributed by atoms with E-state index in [2.05, 4.69) is 5.32 Å². The van der Waals surface area contributed by atoms with E-state index in [1.54, 1.807) is 13.2 Å². The summed E-state index contributed by atoms with van der Waals surface area (Å²) in [5, 5.41) is 3.72. The number of nitrogens with one attached hydrogen (secondary N) is 1. The van der Waals surface area contributed by atoms with E-state index in [9.17, 15) is 0 Å². The monoisotopic (exact) mass is 391 g/mol. The highest BCUT2D eigenvalue weighted by Crippen LogP contribution is 2.37. The Hall–Kier alpha value is -1.82. The van der Waals surface area contributed by atoms with Crippen LogP contribution in [0.2, 0.25) is 5.02 Å². The molecule has 138 valence electrons. The Balaban J connectivity index is 1.68. The molecule has 0 aliphatic carbocycles. The van der Waals surface area contributed by atoms with Crippen LogP contribution in [0.4, 0.5) is 0 Å². The maximum atomic E-state index is 6.43. The summed E-state index contributed by atoms with van der Waals surface area (Å²) >= 11 is 11.9. The molecule has 1 fully saturated rings. The number of benzene rings is 2. The lowest BCUT2D eigenvalue weighted by Gasteiger charge is -2.16. The van der Waals surface area contributed by atoms with E-state index in [0.29, 0.717) is 34.7 Å². The molecule has 1 N–H and O–H groups in total. The fourth-order valence-corrected chi connectivity index (χ4v) is 3.30. The van der Waals surface area contributed by atoms with E-state index in [4.69, 9.17) is 38.0 Å². The Kier molecular flexibility index (Phi) is 6.72. The van der Waals surface area contributed by atoms with Crippen molar-refractivity contribution in [3.63, 3.8) is 0 Å². The molecule has 3 rings (SSSR count). The molecule has 0 radical (unpaired) electrons. The smallest absolute Gasteiger partial charge is 0.180 e. The fourth-order valence-electron chi connectivity index (χ4n) is 2.83. The van der Waals surface area contributed by atoms with Gasteiger partial charge in [0.15, 0.2) is 11.5 Å². The van der Waals surface area contributed by atoms with Crippen molar-refractivity contribution in [2.24, 2.45) is 0 Å². The molecule has 1 aliphatic heterocycles. The van der Waals surface area contributed by atoms with Gasteiger partial charge in [0.2, 0.25) is 0 Å². The van der Waals surface area contributed by atoms with Crippen LogP contribution in [-0.2, 0) is 11.3 Å². The fraction of sp³-hybridized carbons (Fsp3) is 0.350. The average Bonchev–Trinajstić information content (AvgIpc) is 3.19. The molecule has 1 aliphatic rings. The zero-order valence-electron chi connectivity index (χ0n) is 14.7. The second-order valence-corrected chi connectivity index (χ2v) is 6.92. The largest absolute Gasteiger partial charge is 0.493 e. The zero-order valence-corrected chi connectivity index (χ0v) is 16.2. The summed E-state index contributed by atoms with van der Waals surface area (Å²) in [5.41, 5.74) is 1.86. The van der Waals surface area contributed by atoms with Crippen LogP contribution in [0.25, 0.3) is 0 Å². The molecule has 0 bridgehead atoms. The van der Waals surface area contributed by atoms with Crippen molar-refractivity contribution in [1.29, 1.82) is 0 Å². The van der Waals surface area contributed by atoms with E-state index in [1.165, 1.54) is 0 Å². The van der Waals surface area contributed by atoms with E-state index >= 15 is 0 Å². The minimum absolute atomic E-state index is 0.221. The van der Waals surface area contributed by atoms with E-state index in [-0.39, 0.29) is 6.10 Å². The average molecular weight is 392 g/mol. The quantitative estimate of drug-likeness (QED) is 0.709. The second kappa shape index (κ2) is 9.21. The van der Waals surface area contributed by atoms with Crippen molar-refractivity contribution in [2.45, 2.75) is 25.6 Å². The lowest BCUT2D eigenvalue weighted by Crippen LogP contribution is -2.31. The van der Waals surface area contributed by atoms with Gasteiger partial charge in [-0.05, 0) is 30.5 Å². The van der Waals surface area contributed by atoms with Crippen LogP contribution >= 0.6 is 23.8 Å². The number of hydrogen-bond acceptors (Lipinski definition) is 4. The molecule has 0 spiro atoms. The first-order valence-electron chi connectivity index (χ1n) is 8.61. The number of rotatable bonds is 7. The Morgan fingerprint density at radius 2 is 2.12 bits per heavy atom. The van der Waals surface area contributed by atoms with Crippen molar-refractivity contribution in [1.82, 2.24) is 5.32 Å². The minimum Gasteiger partial charge on any atom is -0.493 e. The second-order valence-electron chi connectivity index (χ2n) is 6.11. The molecule has 1 atom stereocenters. The Morgan fingerprint density at radius 3 is 2.81 bits per heavy atom. The van der Waals surface area contributed by atoms with Crippen LogP contribution in [-0.4, -0.2) is 31.4 Å². The minimum atomic E-state index is 0.221. The highest BCUT2D eigenvalue weighted by molar-refractivity contribution is 7.80. The first-order valence-corrected chi connectivity index (χ1v) is 9.40. The van der Waals surface area contributed by atoms with Crippen molar-refractivity contribution in [2.75, 3.05) is 20.3 Å². The normalized spacial score (nSPS) is 16.3. The first kappa shape index (κ1) is 19.0. The summed E-state index contributed by atoms with van der Waals surface area (Å²) in [6.45, 7) is 1.94. The van der Waals surface area contributed by atoms with Gasteiger partial charge in [-0.2, -0.15) is 0 Å². The van der Waals surface area contributed by atoms with E-state index in [0.717, 1.165) is 30.6 Å². The number of hydrogen-bond donors (Lipinski definition) is 1. The third-order valence-corrected chi connectivity index (χ3v) is 4.89. The lowest BCUT2D eigenvalue weighted by atomic mass is 10.1. The molecule has 2 aromatic carbocycles. The molecule has 0 unspecified atom stereocenters. The first-order chi connectivity index (χ1) is 12.7. The van der Waals surface area contributed by atoms with Gasteiger partial charge in [0.25, 0.3) is 0 Å². The highest BCUT2D eigenvalue weighted by Gasteiger charge is 2.18. The number of methoxy groups -OCH3 is 1. The number of halogens is 1. The SMILES string of the molecule is COc1cc(C(=S)NC[C@H]2CCCO2)cc(Cl)c1OCc1ccccc1. The molecular weight excluding hydrogens is 370 g/mol. The summed E-state index contributed by atoms with van der Waals surface area (Å²) in [6.07, 6.45) is 2.39. The third-order valence-electron chi connectivity index (χ3n) is 4.23. The summed E-state index contributed by atoms with van der Waals surface area (Å²) in [5.74, 6) is 1.08. The van der Waals surface area contributed by atoms with Crippen LogP contribution in [0.5, 0.6) is 11.5 Å². The number of thiocarbonyl (C=S) groups is 1. The molecule has 0 amide bonds. The van der Waals surface area contributed by atoms with E-state index < -0.39 is 0 Å². The van der Waals surface area contributed by atoms with Crippen LogP contribution in [0.1, 0.15) is 24.0 Å². The Morgan fingerprint density at radius 1 is 1.31 bits per heavy atom. The van der Waals surface area contributed by atoms with Crippen molar-refractivity contribution in [3.05, 3.63) is 58.6 Å². The summed E-state index contributed by atoms with van der Waals surface area (Å²) in [6, 6.07) is 13.6.